The third-order valence-electron chi connectivity index (χ3n) is 1.85. The lowest BCUT2D eigenvalue weighted by atomic mass is 10.2. The number of rotatable bonds is 1. The van der Waals surface area contributed by atoms with Gasteiger partial charge in [0.05, 0.1) is 6.54 Å². The minimum absolute atomic E-state index is 0.287. The van der Waals surface area contributed by atoms with E-state index in [9.17, 15) is 0 Å². The van der Waals surface area contributed by atoms with Crippen LogP contribution in [0.3, 0.4) is 0 Å². The third-order valence-corrected chi connectivity index (χ3v) is 1.85. The summed E-state index contributed by atoms with van der Waals surface area (Å²) in [5.41, 5.74) is 0. The molecule has 1 atom stereocenters. The van der Waals surface area contributed by atoms with Crippen molar-refractivity contribution in [1.29, 1.82) is 0 Å². The van der Waals surface area contributed by atoms with Crippen molar-refractivity contribution < 1.29 is 0 Å². The van der Waals surface area contributed by atoms with E-state index in [0.29, 0.717) is 0 Å². The van der Waals surface area contributed by atoms with E-state index in [2.05, 4.69) is 28.6 Å². The van der Waals surface area contributed by atoms with Crippen molar-refractivity contribution in [3.63, 3.8) is 0 Å². The molecule has 0 spiro atoms. The summed E-state index contributed by atoms with van der Waals surface area (Å²) < 4.78 is 0. The SMILES string of the molecule is [C]1C=CCN1C1CC=CC=N1. The van der Waals surface area contributed by atoms with Gasteiger partial charge in [0.25, 0.3) is 0 Å². The fourth-order valence-electron chi connectivity index (χ4n) is 1.25. The van der Waals surface area contributed by atoms with Crippen LogP contribution in [-0.2, 0) is 0 Å². The molecule has 0 aromatic rings. The lowest BCUT2D eigenvalue weighted by Gasteiger charge is -2.22. The van der Waals surface area contributed by atoms with Crippen molar-refractivity contribution in [3.05, 3.63) is 30.8 Å². The van der Waals surface area contributed by atoms with Crippen molar-refractivity contribution in [3.8, 4) is 0 Å². The summed E-state index contributed by atoms with van der Waals surface area (Å²) in [6, 6.07) is 0. The van der Waals surface area contributed by atoms with Gasteiger partial charge < -0.3 is 0 Å². The van der Waals surface area contributed by atoms with Crippen LogP contribution in [-0.4, -0.2) is 23.8 Å². The Balaban J connectivity index is 1.95. The first kappa shape index (κ1) is 6.80. The topological polar surface area (TPSA) is 15.6 Å². The minimum Gasteiger partial charge on any atom is -0.274 e. The van der Waals surface area contributed by atoms with Crippen molar-refractivity contribution in [1.82, 2.24) is 4.90 Å². The first-order chi connectivity index (χ1) is 5.47. The molecule has 2 heterocycles. The fraction of sp³-hybridized carbons (Fsp3) is 0.333. The minimum atomic E-state index is 0.287. The second-order valence-corrected chi connectivity index (χ2v) is 2.63. The van der Waals surface area contributed by atoms with Crippen LogP contribution in [0.25, 0.3) is 0 Å². The van der Waals surface area contributed by atoms with Gasteiger partial charge in [-0.2, -0.15) is 0 Å². The smallest absolute Gasteiger partial charge is 0.106 e. The number of hydrogen-bond acceptors (Lipinski definition) is 2. The van der Waals surface area contributed by atoms with Gasteiger partial charge in [0.1, 0.15) is 6.17 Å². The average Bonchev–Trinajstić information content (AvgIpc) is 2.58. The van der Waals surface area contributed by atoms with Crippen molar-refractivity contribution in [2.75, 3.05) is 6.54 Å². The van der Waals surface area contributed by atoms with Crippen molar-refractivity contribution in [2.24, 2.45) is 4.99 Å². The molecule has 0 amide bonds. The van der Waals surface area contributed by atoms with E-state index in [1.807, 2.05) is 18.4 Å². The van der Waals surface area contributed by atoms with Crippen LogP contribution in [0.2, 0.25) is 0 Å². The molecule has 0 saturated heterocycles. The van der Waals surface area contributed by atoms with Gasteiger partial charge in [0.2, 0.25) is 0 Å². The molecule has 2 radical (unpaired) electrons. The van der Waals surface area contributed by atoms with Gasteiger partial charge in [-0.3, -0.25) is 9.89 Å². The maximum absolute atomic E-state index is 4.32. The van der Waals surface area contributed by atoms with Gasteiger partial charge in [-0.25, -0.2) is 0 Å². The summed E-state index contributed by atoms with van der Waals surface area (Å²) in [4.78, 5) is 6.43. The molecule has 2 rings (SSSR count). The Kier molecular flexibility index (Phi) is 1.86. The van der Waals surface area contributed by atoms with Gasteiger partial charge in [-0.1, -0.05) is 18.2 Å². The number of aliphatic imine (C=N–C) groups is 1. The Morgan fingerprint density at radius 2 is 2.45 bits per heavy atom. The van der Waals surface area contributed by atoms with Crippen LogP contribution >= 0.6 is 0 Å². The average molecular weight is 146 g/mol. The molecule has 0 N–H and O–H groups in total. The van der Waals surface area contributed by atoms with Gasteiger partial charge in [0, 0.05) is 19.2 Å². The molecule has 2 heteroatoms. The summed E-state index contributed by atoms with van der Waals surface area (Å²) >= 11 is 0. The van der Waals surface area contributed by atoms with Gasteiger partial charge in [-0.05, 0) is 6.08 Å². The quantitative estimate of drug-likeness (QED) is 0.543. The molecule has 0 aliphatic carbocycles. The summed E-state index contributed by atoms with van der Waals surface area (Å²) in [6.07, 6.45) is 11.3. The molecule has 1 unspecified atom stereocenters. The summed E-state index contributed by atoms with van der Waals surface area (Å²) in [5, 5.41) is 0. The molecule has 56 valence electrons. The highest BCUT2D eigenvalue weighted by Crippen LogP contribution is 2.15. The monoisotopic (exact) mass is 146 g/mol. The Hall–Kier alpha value is -0.890. The predicted molar refractivity (Wildman–Crippen MR) is 45.1 cm³/mol. The second kappa shape index (κ2) is 3.01. The Labute approximate surface area is 66.9 Å². The molecule has 0 fully saturated rings. The molecule has 0 bridgehead atoms. The fourth-order valence-corrected chi connectivity index (χ4v) is 1.25. The number of allylic oxidation sites excluding steroid dienone is 1. The molecular formula is C9H10N2. The van der Waals surface area contributed by atoms with E-state index in [-0.39, 0.29) is 6.17 Å². The van der Waals surface area contributed by atoms with Crippen LogP contribution in [0.1, 0.15) is 6.42 Å². The normalized spacial score (nSPS) is 30.0. The van der Waals surface area contributed by atoms with E-state index >= 15 is 0 Å². The van der Waals surface area contributed by atoms with Crippen LogP contribution in [0.5, 0.6) is 0 Å². The Bertz CT molecular complexity index is 208. The number of nitrogens with zero attached hydrogens (tertiary/aromatic N) is 2. The molecule has 0 saturated carbocycles. The highest BCUT2D eigenvalue weighted by Gasteiger charge is 2.17. The summed E-state index contributed by atoms with van der Waals surface area (Å²) in [7, 11) is 0. The Morgan fingerprint density at radius 3 is 3.09 bits per heavy atom. The molecule has 0 aromatic carbocycles. The van der Waals surface area contributed by atoms with E-state index < -0.39 is 0 Å². The van der Waals surface area contributed by atoms with E-state index in [1.165, 1.54) is 0 Å². The van der Waals surface area contributed by atoms with Crippen LogP contribution in [0.15, 0.2) is 29.3 Å². The van der Waals surface area contributed by atoms with Crippen LogP contribution in [0.4, 0.5) is 0 Å². The molecule has 2 nitrogen and oxygen atoms in total. The number of hydrogen-bond donors (Lipinski definition) is 0. The molecule has 2 aliphatic rings. The third kappa shape index (κ3) is 1.40. The molecule has 0 aromatic heterocycles. The van der Waals surface area contributed by atoms with Gasteiger partial charge >= 0.3 is 0 Å². The van der Waals surface area contributed by atoms with Gasteiger partial charge in [0.15, 0.2) is 0 Å². The molecule has 2 aliphatic heterocycles. The zero-order valence-corrected chi connectivity index (χ0v) is 6.27. The zero-order chi connectivity index (χ0) is 7.52. The van der Waals surface area contributed by atoms with E-state index in [0.717, 1.165) is 13.0 Å². The van der Waals surface area contributed by atoms with Crippen LogP contribution < -0.4 is 0 Å². The van der Waals surface area contributed by atoms with E-state index in [4.69, 9.17) is 0 Å². The molecular weight excluding hydrogens is 136 g/mol. The zero-order valence-electron chi connectivity index (χ0n) is 6.27. The molecule has 11 heavy (non-hydrogen) atoms. The van der Waals surface area contributed by atoms with Crippen molar-refractivity contribution in [2.45, 2.75) is 12.6 Å². The predicted octanol–water partition coefficient (Wildman–Crippen LogP) is 1.25. The standard InChI is InChI=1S/C9H10N2/c1-2-6-10-9(5-1)11-7-3-4-8-11/h1-4,6,9H,5,7H2. The lowest BCUT2D eigenvalue weighted by Crippen LogP contribution is -2.29. The summed E-state index contributed by atoms with van der Waals surface area (Å²) in [5.74, 6) is 0. The largest absolute Gasteiger partial charge is 0.274 e. The number of dihydropyridines is 1. The van der Waals surface area contributed by atoms with Crippen molar-refractivity contribution >= 4 is 6.21 Å². The first-order valence-electron chi connectivity index (χ1n) is 3.83. The second-order valence-electron chi connectivity index (χ2n) is 2.63. The maximum atomic E-state index is 4.32. The van der Waals surface area contributed by atoms with Crippen LogP contribution in [0, 0.1) is 6.54 Å². The lowest BCUT2D eigenvalue weighted by molar-refractivity contribution is 0.299. The van der Waals surface area contributed by atoms with E-state index in [1.54, 1.807) is 0 Å². The Morgan fingerprint density at radius 1 is 1.45 bits per heavy atom. The highest BCUT2D eigenvalue weighted by atomic mass is 15.2. The maximum Gasteiger partial charge on any atom is 0.106 e. The highest BCUT2D eigenvalue weighted by molar-refractivity contribution is 5.72. The summed E-state index contributed by atoms with van der Waals surface area (Å²) in [6.45, 7) is 4.09. The first-order valence-corrected chi connectivity index (χ1v) is 3.83. The van der Waals surface area contributed by atoms with Gasteiger partial charge in [-0.15, -0.1) is 0 Å².